The van der Waals surface area contributed by atoms with Gasteiger partial charge in [-0.15, -0.1) is 0 Å². The van der Waals surface area contributed by atoms with Crippen molar-refractivity contribution in [3.63, 3.8) is 0 Å². The van der Waals surface area contributed by atoms with Crippen LogP contribution in [0.25, 0.3) is 22.3 Å². The van der Waals surface area contributed by atoms with E-state index in [4.69, 9.17) is 0 Å². The van der Waals surface area contributed by atoms with Crippen LogP contribution in [-0.4, -0.2) is 5.11 Å². The van der Waals surface area contributed by atoms with E-state index in [2.05, 4.69) is 6.07 Å². The lowest BCUT2D eigenvalue weighted by Crippen LogP contribution is -1.82. The van der Waals surface area contributed by atoms with Crippen molar-refractivity contribution in [3.8, 4) is 28.0 Å². The van der Waals surface area contributed by atoms with Gasteiger partial charge in [-0.3, -0.25) is 0 Å². The first kappa shape index (κ1) is 11.5. The average Bonchev–Trinajstić information content (AvgIpc) is 2.48. The van der Waals surface area contributed by atoms with Crippen LogP contribution in [0, 0.1) is 6.07 Å². The van der Waals surface area contributed by atoms with Crippen molar-refractivity contribution in [3.05, 3.63) is 78.9 Å². The van der Waals surface area contributed by atoms with Crippen molar-refractivity contribution in [1.29, 1.82) is 0 Å². The predicted octanol–water partition coefficient (Wildman–Crippen LogP) is 4.53. The predicted molar refractivity (Wildman–Crippen MR) is 77.8 cm³/mol. The summed E-state index contributed by atoms with van der Waals surface area (Å²) in [6.45, 7) is 0. The summed E-state index contributed by atoms with van der Waals surface area (Å²) in [5, 5.41) is 9.86. The van der Waals surface area contributed by atoms with Crippen molar-refractivity contribution >= 4 is 0 Å². The number of rotatable bonds is 2. The maximum atomic E-state index is 9.86. The first-order valence-corrected chi connectivity index (χ1v) is 6.20. The fourth-order valence-corrected chi connectivity index (χ4v) is 2.13. The van der Waals surface area contributed by atoms with Crippen molar-refractivity contribution in [2.45, 2.75) is 0 Å². The van der Waals surface area contributed by atoms with E-state index in [9.17, 15) is 5.11 Å². The van der Waals surface area contributed by atoms with Gasteiger partial charge in [-0.2, -0.15) is 0 Å². The Morgan fingerprint density at radius 1 is 0.632 bits per heavy atom. The third-order valence-corrected chi connectivity index (χ3v) is 3.05. The molecule has 0 saturated carbocycles. The standard InChI is InChI=1S/C18H13O/c19-18-12-16(14-7-3-1-4-8-14)11-17(13-18)15-9-5-2-6-10-15/h1-12,19H. The molecule has 0 atom stereocenters. The Hall–Kier alpha value is -2.54. The van der Waals surface area contributed by atoms with Crippen LogP contribution in [-0.2, 0) is 0 Å². The van der Waals surface area contributed by atoms with E-state index in [1.165, 1.54) is 0 Å². The number of aromatic hydroxyl groups is 1. The van der Waals surface area contributed by atoms with E-state index in [0.717, 1.165) is 22.3 Å². The summed E-state index contributed by atoms with van der Waals surface area (Å²) in [6, 6.07) is 26.8. The minimum Gasteiger partial charge on any atom is -0.507 e. The van der Waals surface area contributed by atoms with Crippen molar-refractivity contribution in [2.75, 3.05) is 0 Å². The Balaban J connectivity index is 2.12. The minimum atomic E-state index is 0.167. The highest BCUT2D eigenvalue weighted by atomic mass is 16.3. The summed E-state index contributed by atoms with van der Waals surface area (Å²) in [5.74, 6) is 0.167. The van der Waals surface area contributed by atoms with E-state index in [-0.39, 0.29) is 5.75 Å². The molecule has 0 heterocycles. The van der Waals surface area contributed by atoms with Crippen molar-refractivity contribution in [2.24, 2.45) is 0 Å². The molecule has 0 aromatic heterocycles. The van der Waals surface area contributed by atoms with Gasteiger partial charge in [-0.05, 0) is 34.4 Å². The Bertz CT molecular complexity index is 615. The smallest absolute Gasteiger partial charge is 0.124 e. The van der Waals surface area contributed by atoms with Crippen molar-refractivity contribution in [1.82, 2.24) is 0 Å². The van der Waals surface area contributed by atoms with E-state index >= 15 is 0 Å². The second-order valence-electron chi connectivity index (χ2n) is 4.40. The van der Waals surface area contributed by atoms with Crippen LogP contribution in [0.2, 0.25) is 0 Å². The molecule has 0 saturated heterocycles. The van der Waals surface area contributed by atoms with Crippen LogP contribution in [0.15, 0.2) is 72.8 Å². The summed E-state index contributed by atoms with van der Waals surface area (Å²) >= 11 is 0. The Morgan fingerprint density at radius 2 is 1.21 bits per heavy atom. The molecule has 1 N–H and O–H groups in total. The molecular weight excluding hydrogens is 232 g/mol. The highest BCUT2D eigenvalue weighted by Gasteiger charge is 2.04. The summed E-state index contributed by atoms with van der Waals surface area (Å²) in [4.78, 5) is 0. The topological polar surface area (TPSA) is 20.2 Å². The molecule has 0 bridgehead atoms. The maximum Gasteiger partial charge on any atom is 0.124 e. The van der Waals surface area contributed by atoms with Gasteiger partial charge in [0.15, 0.2) is 0 Å². The summed E-state index contributed by atoms with van der Waals surface area (Å²) in [7, 11) is 0. The molecule has 19 heavy (non-hydrogen) atoms. The zero-order valence-electron chi connectivity index (χ0n) is 10.4. The highest BCUT2D eigenvalue weighted by Crippen LogP contribution is 2.30. The van der Waals surface area contributed by atoms with E-state index in [1.54, 1.807) is 6.07 Å². The number of phenols is 1. The minimum absolute atomic E-state index is 0.167. The SMILES string of the molecule is Oc1[c]c(-c2ccccc2)cc(-c2ccccc2)c1. The molecule has 0 aliphatic carbocycles. The molecule has 0 aliphatic rings. The Morgan fingerprint density at radius 3 is 1.84 bits per heavy atom. The molecule has 0 amide bonds. The van der Waals surface area contributed by atoms with Gasteiger partial charge in [-0.1, -0.05) is 60.7 Å². The Labute approximate surface area is 112 Å². The van der Waals surface area contributed by atoms with Crippen molar-refractivity contribution < 1.29 is 5.11 Å². The molecule has 3 rings (SSSR count). The largest absolute Gasteiger partial charge is 0.507 e. The lowest BCUT2D eigenvalue weighted by atomic mass is 9.99. The quantitative estimate of drug-likeness (QED) is 0.703. The number of hydrogen-bond donors (Lipinski definition) is 1. The molecular formula is C18H13O. The van der Waals surface area contributed by atoms with E-state index in [1.807, 2.05) is 66.7 Å². The average molecular weight is 245 g/mol. The fourth-order valence-electron chi connectivity index (χ4n) is 2.13. The fraction of sp³-hybridized carbons (Fsp3) is 0. The van der Waals surface area contributed by atoms with Crippen LogP contribution in [0.5, 0.6) is 5.75 Å². The van der Waals surface area contributed by atoms with Gasteiger partial charge in [0, 0.05) is 6.07 Å². The molecule has 3 aromatic rings. The zero-order valence-corrected chi connectivity index (χ0v) is 10.4. The van der Waals surface area contributed by atoms with Crippen LogP contribution >= 0.6 is 0 Å². The third kappa shape index (κ3) is 2.50. The first-order valence-electron chi connectivity index (χ1n) is 6.20. The molecule has 0 fully saturated rings. The van der Waals surface area contributed by atoms with E-state index in [0.29, 0.717) is 0 Å². The molecule has 1 heteroatoms. The lowest BCUT2D eigenvalue weighted by Gasteiger charge is -2.07. The number of benzene rings is 3. The van der Waals surface area contributed by atoms with Gasteiger partial charge < -0.3 is 5.11 Å². The maximum absolute atomic E-state index is 9.86. The first-order chi connectivity index (χ1) is 9.33. The molecule has 3 aromatic carbocycles. The van der Waals surface area contributed by atoms with Crippen LogP contribution < -0.4 is 0 Å². The van der Waals surface area contributed by atoms with Gasteiger partial charge in [0.1, 0.15) is 5.75 Å². The van der Waals surface area contributed by atoms with Crippen LogP contribution in [0.1, 0.15) is 0 Å². The van der Waals surface area contributed by atoms with Gasteiger partial charge in [0.05, 0.1) is 0 Å². The second-order valence-corrected chi connectivity index (χ2v) is 4.40. The van der Waals surface area contributed by atoms with Gasteiger partial charge in [-0.25, -0.2) is 0 Å². The molecule has 1 nitrogen and oxygen atoms in total. The molecule has 0 unspecified atom stereocenters. The third-order valence-electron chi connectivity index (χ3n) is 3.05. The number of phenolic OH excluding ortho intramolecular Hbond substituents is 1. The van der Waals surface area contributed by atoms with Crippen LogP contribution in [0.4, 0.5) is 0 Å². The van der Waals surface area contributed by atoms with E-state index < -0.39 is 0 Å². The van der Waals surface area contributed by atoms with Crippen LogP contribution in [0.3, 0.4) is 0 Å². The highest BCUT2D eigenvalue weighted by molar-refractivity contribution is 5.74. The number of hydrogen-bond acceptors (Lipinski definition) is 1. The normalized spacial score (nSPS) is 10.3. The molecule has 0 aliphatic heterocycles. The van der Waals surface area contributed by atoms with Gasteiger partial charge >= 0.3 is 0 Å². The molecule has 91 valence electrons. The summed E-state index contributed by atoms with van der Waals surface area (Å²) < 4.78 is 0. The summed E-state index contributed by atoms with van der Waals surface area (Å²) in [6.07, 6.45) is 0. The van der Waals surface area contributed by atoms with Gasteiger partial charge in [0.25, 0.3) is 0 Å². The molecule has 0 spiro atoms. The molecule has 1 radical (unpaired) electrons. The lowest BCUT2D eigenvalue weighted by molar-refractivity contribution is 0.474. The van der Waals surface area contributed by atoms with Gasteiger partial charge in [0.2, 0.25) is 0 Å². The Kier molecular flexibility index (Phi) is 3.03. The summed E-state index contributed by atoms with van der Waals surface area (Å²) in [5.41, 5.74) is 4.04. The zero-order chi connectivity index (χ0) is 13.1. The second kappa shape index (κ2) is 4.99. The monoisotopic (exact) mass is 245 g/mol.